The number of rotatable bonds is 3. The van der Waals surface area contributed by atoms with Crippen molar-refractivity contribution in [3.63, 3.8) is 0 Å². The first kappa shape index (κ1) is 12.0. The maximum atomic E-state index is 11.6. The summed E-state index contributed by atoms with van der Waals surface area (Å²) < 4.78 is 1.73. The van der Waals surface area contributed by atoms with Gasteiger partial charge in [0.2, 0.25) is 0 Å². The van der Waals surface area contributed by atoms with Gasteiger partial charge >= 0.3 is 0 Å². The van der Waals surface area contributed by atoms with Crippen LogP contribution in [0.3, 0.4) is 0 Å². The largest absolute Gasteiger partial charge is 0.380 e. The molecule has 0 fully saturated rings. The normalized spacial score (nSPS) is 14.4. The van der Waals surface area contributed by atoms with E-state index in [2.05, 4.69) is 29.6 Å². The minimum atomic E-state index is 0.0581. The molecule has 0 saturated carbocycles. The van der Waals surface area contributed by atoms with Crippen LogP contribution in [0.25, 0.3) is 0 Å². The van der Waals surface area contributed by atoms with E-state index in [4.69, 9.17) is 0 Å². The van der Waals surface area contributed by atoms with Crippen LogP contribution >= 0.6 is 0 Å². The lowest BCUT2D eigenvalue weighted by molar-refractivity contribution is 0.720. The highest BCUT2D eigenvalue weighted by molar-refractivity contribution is 5.45. The fourth-order valence-corrected chi connectivity index (χ4v) is 2.76. The van der Waals surface area contributed by atoms with Gasteiger partial charge in [0.05, 0.1) is 5.69 Å². The van der Waals surface area contributed by atoms with E-state index in [0.29, 0.717) is 12.6 Å². The van der Waals surface area contributed by atoms with E-state index in [9.17, 15) is 4.79 Å². The van der Waals surface area contributed by atoms with Gasteiger partial charge in [-0.15, -0.1) is 0 Å². The van der Waals surface area contributed by atoms with Crippen LogP contribution < -0.4 is 10.9 Å². The maximum Gasteiger partial charge on any atom is 0.250 e. The first-order chi connectivity index (χ1) is 9.26. The first-order valence-corrected chi connectivity index (χ1v) is 6.80. The van der Waals surface area contributed by atoms with Crippen molar-refractivity contribution in [3.05, 3.63) is 64.1 Å². The Balaban J connectivity index is 1.76. The summed E-state index contributed by atoms with van der Waals surface area (Å²) in [7, 11) is 0. The Morgan fingerprint density at radius 1 is 1.16 bits per heavy atom. The summed E-state index contributed by atoms with van der Waals surface area (Å²) in [5.74, 6) is 0. The minimum absolute atomic E-state index is 0.0581. The Kier molecular flexibility index (Phi) is 3.11. The van der Waals surface area contributed by atoms with E-state index in [1.54, 1.807) is 10.6 Å². The van der Waals surface area contributed by atoms with Gasteiger partial charge < -0.3 is 9.88 Å². The molecule has 1 heterocycles. The van der Waals surface area contributed by atoms with Crippen LogP contribution in [0.2, 0.25) is 0 Å². The molecule has 2 aromatic rings. The smallest absolute Gasteiger partial charge is 0.250 e. The second-order valence-corrected chi connectivity index (χ2v) is 5.06. The fraction of sp³-hybridized carbons (Fsp3) is 0.312. The van der Waals surface area contributed by atoms with E-state index in [0.717, 1.165) is 18.5 Å². The molecule has 3 rings (SSSR count). The molecule has 3 heteroatoms. The Bertz CT molecular complexity index is 620. The Morgan fingerprint density at radius 3 is 2.47 bits per heavy atom. The van der Waals surface area contributed by atoms with E-state index in [1.807, 2.05) is 19.2 Å². The lowest BCUT2D eigenvalue weighted by Gasteiger charge is -2.14. The molecule has 0 unspecified atom stereocenters. The van der Waals surface area contributed by atoms with E-state index >= 15 is 0 Å². The van der Waals surface area contributed by atoms with Gasteiger partial charge in [-0.25, -0.2) is 0 Å². The van der Waals surface area contributed by atoms with E-state index in [-0.39, 0.29) is 5.56 Å². The number of benzene rings is 1. The van der Waals surface area contributed by atoms with Gasteiger partial charge in [-0.2, -0.15) is 0 Å². The molecule has 0 spiro atoms. The number of aromatic nitrogens is 1. The van der Waals surface area contributed by atoms with Gasteiger partial charge in [-0.1, -0.05) is 24.3 Å². The lowest BCUT2D eigenvalue weighted by Crippen LogP contribution is -2.23. The van der Waals surface area contributed by atoms with Crippen molar-refractivity contribution in [2.45, 2.75) is 32.4 Å². The van der Waals surface area contributed by atoms with Crippen molar-refractivity contribution in [1.82, 2.24) is 4.57 Å². The van der Waals surface area contributed by atoms with Crippen molar-refractivity contribution in [2.75, 3.05) is 5.32 Å². The third kappa shape index (κ3) is 2.41. The monoisotopic (exact) mass is 254 g/mol. The molecule has 98 valence electrons. The molecule has 1 aliphatic rings. The van der Waals surface area contributed by atoms with Crippen LogP contribution in [0.5, 0.6) is 0 Å². The average Bonchev–Trinajstić information content (AvgIpc) is 2.83. The van der Waals surface area contributed by atoms with Gasteiger partial charge in [0.1, 0.15) is 0 Å². The summed E-state index contributed by atoms with van der Waals surface area (Å²) in [5, 5.41) is 3.53. The molecule has 0 aliphatic heterocycles. The molecule has 0 saturated heterocycles. The predicted octanol–water partition coefficient (Wildman–Crippen LogP) is 2.45. The van der Waals surface area contributed by atoms with Gasteiger partial charge in [0.15, 0.2) is 0 Å². The highest BCUT2D eigenvalue weighted by Crippen LogP contribution is 2.24. The molecule has 0 atom stereocenters. The third-order valence-electron chi connectivity index (χ3n) is 3.75. The zero-order valence-corrected chi connectivity index (χ0v) is 11.1. The zero-order valence-electron chi connectivity index (χ0n) is 11.1. The quantitative estimate of drug-likeness (QED) is 0.913. The highest BCUT2D eigenvalue weighted by Gasteiger charge is 2.20. The Labute approximate surface area is 112 Å². The number of pyridine rings is 1. The number of aryl methyl sites for hydroxylation is 1. The van der Waals surface area contributed by atoms with Gasteiger partial charge in [0.25, 0.3) is 5.56 Å². The summed E-state index contributed by atoms with van der Waals surface area (Å²) in [6.07, 6.45) is 4.02. The van der Waals surface area contributed by atoms with Gasteiger partial charge in [-0.3, -0.25) is 4.79 Å². The summed E-state index contributed by atoms with van der Waals surface area (Å²) >= 11 is 0. The van der Waals surface area contributed by atoms with Crippen molar-refractivity contribution in [2.24, 2.45) is 0 Å². The molecule has 3 nitrogen and oxygen atoms in total. The van der Waals surface area contributed by atoms with Crippen molar-refractivity contribution < 1.29 is 0 Å². The number of hydrogen-bond donors (Lipinski definition) is 1. The molecule has 1 aromatic heterocycles. The van der Waals surface area contributed by atoms with E-state index < -0.39 is 0 Å². The maximum absolute atomic E-state index is 11.6. The Morgan fingerprint density at radius 2 is 1.84 bits per heavy atom. The number of nitrogens with zero attached hydrogens (tertiary/aromatic N) is 1. The third-order valence-corrected chi connectivity index (χ3v) is 3.75. The average molecular weight is 254 g/mol. The van der Waals surface area contributed by atoms with Crippen LogP contribution in [0.4, 0.5) is 5.69 Å². The van der Waals surface area contributed by atoms with Crippen LogP contribution in [0.1, 0.15) is 18.1 Å². The summed E-state index contributed by atoms with van der Waals surface area (Å²) in [4.78, 5) is 11.6. The molecule has 0 amide bonds. The lowest BCUT2D eigenvalue weighted by atomic mass is 10.1. The molecule has 1 aromatic carbocycles. The van der Waals surface area contributed by atoms with Crippen molar-refractivity contribution in [3.8, 4) is 0 Å². The molecular weight excluding hydrogens is 236 g/mol. The van der Waals surface area contributed by atoms with Crippen molar-refractivity contribution >= 4 is 5.69 Å². The number of fused-ring (bicyclic) bond motifs is 1. The van der Waals surface area contributed by atoms with Gasteiger partial charge in [-0.05, 0) is 37.0 Å². The second kappa shape index (κ2) is 4.92. The predicted molar refractivity (Wildman–Crippen MR) is 77.6 cm³/mol. The second-order valence-electron chi connectivity index (χ2n) is 5.06. The van der Waals surface area contributed by atoms with Crippen LogP contribution in [-0.2, 0) is 19.4 Å². The fourth-order valence-electron chi connectivity index (χ4n) is 2.76. The molecule has 19 heavy (non-hydrogen) atoms. The molecular formula is C16H18N2O. The molecule has 1 N–H and O–H groups in total. The highest BCUT2D eigenvalue weighted by atomic mass is 16.1. The van der Waals surface area contributed by atoms with E-state index in [1.165, 1.54) is 11.1 Å². The minimum Gasteiger partial charge on any atom is -0.380 e. The molecule has 1 aliphatic carbocycles. The van der Waals surface area contributed by atoms with Crippen LogP contribution in [0.15, 0.2) is 47.4 Å². The van der Waals surface area contributed by atoms with Crippen LogP contribution in [-0.4, -0.2) is 10.6 Å². The number of nitrogens with one attached hydrogen (secondary N) is 1. The number of hydrogen-bond acceptors (Lipinski definition) is 2. The summed E-state index contributed by atoms with van der Waals surface area (Å²) in [6, 6.07) is 12.5. The summed E-state index contributed by atoms with van der Waals surface area (Å²) in [6.45, 7) is 2.69. The standard InChI is InChI=1S/C16H18N2O/c1-2-18-11-14(7-8-16(18)19)17-15-9-12-5-3-4-6-13(12)10-15/h3-8,11,15,17H,2,9-10H2,1H3. The summed E-state index contributed by atoms with van der Waals surface area (Å²) in [5.41, 5.74) is 3.95. The van der Waals surface area contributed by atoms with Crippen molar-refractivity contribution in [1.29, 1.82) is 0 Å². The first-order valence-electron chi connectivity index (χ1n) is 6.80. The SMILES string of the molecule is CCn1cc(NC2Cc3ccccc3C2)ccc1=O. The zero-order chi connectivity index (χ0) is 13.2. The molecule has 0 radical (unpaired) electrons. The molecule has 0 bridgehead atoms. The Hall–Kier alpha value is -2.03. The van der Waals surface area contributed by atoms with Crippen LogP contribution in [0, 0.1) is 0 Å². The van der Waals surface area contributed by atoms with Gasteiger partial charge in [0, 0.05) is 24.8 Å². The number of anilines is 1. The topological polar surface area (TPSA) is 34.0 Å².